The quantitative estimate of drug-likeness (QED) is 0.523. The monoisotopic (exact) mass is 371 g/mol. The molecule has 5 nitrogen and oxygen atoms in total. The summed E-state index contributed by atoms with van der Waals surface area (Å²) < 4.78 is 3.69. The van der Waals surface area contributed by atoms with Gasteiger partial charge in [-0.25, -0.2) is 4.68 Å². The molecule has 4 rings (SSSR count). The molecule has 0 N–H and O–H groups in total. The molecule has 0 saturated heterocycles. The Balaban J connectivity index is 1.48. The molecule has 0 radical (unpaired) electrons. The van der Waals surface area contributed by atoms with Crippen LogP contribution in [-0.2, 0) is 19.0 Å². The molecule has 0 aliphatic heterocycles. The van der Waals surface area contributed by atoms with Crippen molar-refractivity contribution in [1.82, 2.24) is 24.8 Å². The molecule has 2 heterocycles. The Morgan fingerprint density at radius 3 is 2.11 bits per heavy atom. The molecule has 0 fully saturated rings. The standard InChI is InChI=1S/C23H25N5/c1-23(2,3)21-11-5-17(6-12-21)14-28-16-22(25-26-28)19-9-7-18(8-10-19)20-13-24-27(4)15-20/h5-13,15-16H,14H2,1-4H3. The number of hydrogen-bond donors (Lipinski definition) is 0. The van der Waals surface area contributed by atoms with Crippen LogP contribution in [0, 0.1) is 0 Å². The van der Waals surface area contributed by atoms with Gasteiger partial charge in [0.25, 0.3) is 0 Å². The van der Waals surface area contributed by atoms with Crippen LogP contribution in [0.5, 0.6) is 0 Å². The highest BCUT2D eigenvalue weighted by molar-refractivity contribution is 5.67. The summed E-state index contributed by atoms with van der Waals surface area (Å²) in [7, 11) is 1.92. The third-order valence-corrected chi connectivity index (χ3v) is 4.92. The Labute approximate surface area is 165 Å². The summed E-state index contributed by atoms with van der Waals surface area (Å²) in [4.78, 5) is 0. The van der Waals surface area contributed by atoms with Crippen molar-refractivity contribution in [2.24, 2.45) is 7.05 Å². The van der Waals surface area contributed by atoms with Crippen molar-refractivity contribution in [3.05, 3.63) is 78.2 Å². The van der Waals surface area contributed by atoms with Crippen LogP contribution in [-0.4, -0.2) is 24.8 Å². The van der Waals surface area contributed by atoms with Crippen molar-refractivity contribution < 1.29 is 0 Å². The first-order valence-corrected chi connectivity index (χ1v) is 9.47. The molecule has 0 atom stereocenters. The minimum absolute atomic E-state index is 0.168. The lowest BCUT2D eigenvalue weighted by Crippen LogP contribution is -2.11. The second kappa shape index (κ2) is 7.08. The van der Waals surface area contributed by atoms with E-state index >= 15 is 0 Å². The molecule has 0 aliphatic carbocycles. The first-order chi connectivity index (χ1) is 13.4. The summed E-state index contributed by atoms with van der Waals surface area (Å²) in [5.41, 5.74) is 6.91. The molecule has 0 saturated carbocycles. The molecular weight excluding hydrogens is 346 g/mol. The molecular formula is C23H25N5. The van der Waals surface area contributed by atoms with E-state index in [1.54, 1.807) is 0 Å². The van der Waals surface area contributed by atoms with Crippen molar-refractivity contribution >= 4 is 0 Å². The maximum Gasteiger partial charge on any atom is 0.113 e. The van der Waals surface area contributed by atoms with Gasteiger partial charge in [0.15, 0.2) is 0 Å². The van der Waals surface area contributed by atoms with Crippen molar-refractivity contribution in [3.8, 4) is 22.4 Å². The molecule has 28 heavy (non-hydrogen) atoms. The zero-order valence-corrected chi connectivity index (χ0v) is 16.8. The summed E-state index contributed by atoms with van der Waals surface area (Å²) >= 11 is 0. The fraction of sp³-hybridized carbons (Fsp3) is 0.261. The van der Waals surface area contributed by atoms with Gasteiger partial charge in [0.05, 0.1) is 18.9 Å². The fourth-order valence-electron chi connectivity index (χ4n) is 3.21. The molecule has 5 heteroatoms. The number of aryl methyl sites for hydroxylation is 1. The Bertz CT molecular complexity index is 1060. The predicted molar refractivity (Wildman–Crippen MR) is 112 cm³/mol. The number of nitrogens with zero attached hydrogens (tertiary/aromatic N) is 5. The normalized spacial score (nSPS) is 11.7. The van der Waals surface area contributed by atoms with Gasteiger partial charge in [0.1, 0.15) is 5.69 Å². The van der Waals surface area contributed by atoms with Gasteiger partial charge in [-0.3, -0.25) is 4.68 Å². The van der Waals surface area contributed by atoms with Crippen LogP contribution in [0.15, 0.2) is 67.1 Å². The van der Waals surface area contributed by atoms with E-state index < -0.39 is 0 Å². The smallest absolute Gasteiger partial charge is 0.113 e. The van der Waals surface area contributed by atoms with E-state index in [0.29, 0.717) is 6.54 Å². The zero-order chi connectivity index (χ0) is 19.7. The highest BCUT2D eigenvalue weighted by atomic mass is 15.4. The highest BCUT2D eigenvalue weighted by Crippen LogP contribution is 2.24. The SMILES string of the molecule is Cn1cc(-c2ccc(-c3cn(Cc4ccc(C(C)(C)C)cc4)nn3)cc2)cn1. The molecule has 0 aliphatic rings. The number of hydrogen-bond acceptors (Lipinski definition) is 3. The van der Waals surface area contributed by atoms with E-state index in [0.717, 1.165) is 22.4 Å². The Morgan fingerprint density at radius 1 is 0.821 bits per heavy atom. The molecule has 2 aromatic carbocycles. The van der Waals surface area contributed by atoms with E-state index in [-0.39, 0.29) is 5.41 Å². The zero-order valence-electron chi connectivity index (χ0n) is 16.8. The van der Waals surface area contributed by atoms with Gasteiger partial charge in [0, 0.05) is 24.4 Å². The minimum atomic E-state index is 0.168. The second-order valence-electron chi connectivity index (χ2n) is 8.23. The molecule has 2 aromatic heterocycles. The maximum absolute atomic E-state index is 4.34. The highest BCUT2D eigenvalue weighted by Gasteiger charge is 2.13. The van der Waals surface area contributed by atoms with E-state index in [4.69, 9.17) is 0 Å². The summed E-state index contributed by atoms with van der Waals surface area (Å²) in [6.07, 6.45) is 5.88. The van der Waals surface area contributed by atoms with Gasteiger partial charge in [-0.1, -0.05) is 74.5 Å². The van der Waals surface area contributed by atoms with E-state index in [2.05, 4.69) is 84.7 Å². The Hall–Kier alpha value is -3.21. The van der Waals surface area contributed by atoms with E-state index in [9.17, 15) is 0 Å². The van der Waals surface area contributed by atoms with Gasteiger partial charge >= 0.3 is 0 Å². The van der Waals surface area contributed by atoms with Crippen LogP contribution >= 0.6 is 0 Å². The van der Waals surface area contributed by atoms with Crippen LogP contribution in [0.2, 0.25) is 0 Å². The van der Waals surface area contributed by atoms with Gasteiger partial charge in [0.2, 0.25) is 0 Å². The van der Waals surface area contributed by atoms with Gasteiger partial charge in [-0.15, -0.1) is 5.10 Å². The maximum atomic E-state index is 4.34. The third-order valence-electron chi connectivity index (χ3n) is 4.92. The largest absolute Gasteiger partial charge is 0.275 e. The molecule has 142 valence electrons. The Kier molecular flexibility index (Phi) is 4.59. The van der Waals surface area contributed by atoms with E-state index in [1.165, 1.54) is 11.1 Å². The molecule has 0 bridgehead atoms. The third kappa shape index (κ3) is 3.88. The lowest BCUT2D eigenvalue weighted by Gasteiger charge is -2.19. The van der Waals surface area contributed by atoms with Crippen LogP contribution in [0.25, 0.3) is 22.4 Å². The van der Waals surface area contributed by atoms with Crippen molar-refractivity contribution in [2.45, 2.75) is 32.7 Å². The first kappa shape index (κ1) is 18.2. The van der Waals surface area contributed by atoms with Crippen LogP contribution < -0.4 is 0 Å². The molecule has 4 aromatic rings. The lowest BCUT2D eigenvalue weighted by atomic mass is 9.87. The summed E-state index contributed by atoms with van der Waals surface area (Å²) in [6.45, 7) is 7.40. The molecule has 0 unspecified atom stereocenters. The van der Waals surface area contributed by atoms with Gasteiger partial charge < -0.3 is 0 Å². The molecule has 0 amide bonds. The number of benzene rings is 2. The average molecular weight is 371 g/mol. The van der Waals surface area contributed by atoms with Crippen LogP contribution in [0.1, 0.15) is 31.9 Å². The number of aromatic nitrogens is 5. The van der Waals surface area contributed by atoms with Crippen LogP contribution in [0.4, 0.5) is 0 Å². The minimum Gasteiger partial charge on any atom is -0.275 e. The van der Waals surface area contributed by atoms with E-state index in [1.807, 2.05) is 35.0 Å². The second-order valence-corrected chi connectivity index (χ2v) is 8.23. The predicted octanol–water partition coefficient (Wildman–Crippen LogP) is 4.69. The summed E-state index contributed by atoms with van der Waals surface area (Å²) in [5, 5.41) is 12.9. The van der Waals surface area contributed by atoms with Crippen molar-refractivity contribution in [3.63, 3.8) is 0 Å². The Morgan fingerprint density at radius 2 is 1.50 bits per heavy atom. The fourth-order valence-corrected chi connectivity index (χ4v) is 3.21. The number of rotatable bonds is 4. The van der Waals surface area contributed by atoms with Gasteiger partial charge in [-0.2, -0.15) is 5.10 Å². The van der Waals surface area contributed by atoms with Crippen LogP contribution in [0.3, 0.4) is 0 Å². The summed E-state index contributed by atoms with van der Waals surface area (Å²) in [5.74, 6) is 0. The topological polar surface area (TPSA) is 48.5 Å². The van der Waals surface area contributed by atoms with Crippen molar-refractivity contribution in [1.29, 1.82) is 0 Å². The lowest BCUT2D eigenvalue weighted by molar-refractivity contribution is 0.589. The van der Waals surface area contributed by atoms with Gasteiger partial charge in [-0.05, 0) is 22.1 Å². The first-order valence-electron chi connectivity index (χ1n) is 9.47. The average Bonchev–Trinajstić information content (AvgIpc) is 3.31. The summed E-state index contributed by atoms with van der Waals surface area (Å²) in [6, 6.07) is 17.1. The van der Waals surface area contributed by atoms with Crippen molar-refractivity contribution in [2.75, 3.05) is 0 Å². The molecule has 0 spiro atoms.